The lowest BCUT2D eigenvalue weighted by atomic mass is 10.0. The van der Waals surface area contributed by atoms with Crippen LogP contribution >= 0.6 is 0 Å². The molecule has 0 amide bonds. The molecule has 0 aliphatic heterocycles. The van der Waals surface area contributed by atoms with Gasteiger partial charge in [-0.05, 0) is 36.8 Å². The Morgan fingerprint density at radius 1 is 1.62 bits per heavy atom. The lowest BCUT2D eigenvalue weighted by Gasteiger charge is -2.12. The second-order valence-electron chi connectivity index (χ2n) is 3.80. The van der Waals surface area contributed by atoms with Crippen LogP contribution in [0.4, 0.5) is 0 Å². The number of aromatic amines is 1. The third-order valence-corrected chi connectivity index (χ3v) is 2.66. The molecule has 0 bridgehead atoms. The summed E-state index contributed by atoms with van der Waals surface area (Å²) >= 11 is 0. The minimum Gasteiger partial charge on any atom is -0.329 e. The summed E-state index contributed by atoms with van der Waals surface area (Å²) in [6, 6.07) is 1.72. The summed E-state index contributed by atoms with van der Waals surface area (Å²) in [5, 5.41) is 0. The first-order valence-corrected chi connectivity index (χ1v) is 4.63. The van der Waals surface area contributed by atoms with Crippen LogP contribution in [-0.2, 0) is 0 Å². The van der Waals surface area contributed by atoms with Crippen LogP contribution in [0.3, 0.4) is 0 Å². The predicted molar refractivity (Wildman–Crippen MR) is 51.5 cm³/mol. The Labute approximate surface area is 77.0 Å². The summed E-state index contributed by atoms with van der Waals surface area (Å²) in [5.41, 5.74) is 8.07. The quantitative estimate of drug-likeness (QED) is 0.712. The van der Waals surface area contributed by atoms with Crippen molar-refractivity contribution in [1.29, 1.82) is 0 Å². The van der Waals surface area contributed by atoms with Crippen LogP contribution in [0.5, 0.6) is 0 Å². The molecule has 0 aromatic carbocycles. The van der Waals surface area contributed by atoms with Gasteiger partial charge in [-0.2, -0.15) is 0 Å². The van der Waals surface area contributed by atoms with Crippen molar-refractivity contribution in [2.24, 2.45) is 11.7 Å². The number of H-pyrrole nitrogens is 1. The maximum Gasteiger partial charge on any atom is 0.248 e. The van der Waals surface area contributed by atoms with Crippen molar-refractivity contribution >= 4 is 0 Å². The summed E-state index contributed by atoms with van der Waals surface area (Å²) in [7, 11) is 0. The Morgan fingerprint density at radius 2 is 2.31 bits per heavy atom. The molecule has 0 saturated heterocycles. The topological polar surface area (TPSA) is 58.9 Å². The third-order valence-electron chi connectivity index (χ3n) is 2.66. The van der Waals surface area contributed by atoms with Gasteiger partial charge in [-0.3, -0.25) is 4.79 Å². The Morgan fingerprint density at radius 3 is 2.85 bits per heavy atom. The molecule has 1 aromatic heterocycles. The Hall–Kier alpha value is -1.09. The van der Waals surface area contributed by atoms with Crippen LogP contribution in [0.25, 0.3) is 0 Å². The number of hydrogen-bond acceptors (Lipinski definition) is 2. The SMILES string of the molecule is Cc1cc(=O)[nH]cc1[C@H](N)C1CC1. The molecular weight excluding hydrogens is 164 g/mol. The first kappa shape index (κ1) is 8.51. The number of hydrogen-bond donors (Lipinski definition) is 2. The van der Waals surface area contributed by atoms with Gasteiger partial charge in [0, 0.05) is 18.3 Å². The maximum absolute atomic E-state index is 11.0. The lowest BCUT2D eigenvalue weighted by Crippen LogP contribution is -2.16. The maximum atomic E-state index is 11.0. The van der Waals surface area contributed by atoms with Crippen molar-refractivity contribution in [3.63, 3.8) is 0 Å². The fraction of sp³-hybridized carbons (Fsp3) is 0.500. The van der Waals surface area contributed by atoms with Crippen LogP contribution < -0.4 is 11.3 Å². The van der Waals surface area contributed by atoms with Crippen molar-refractivity contribution in [3.8, 4) is 0 Å². The van der Waals surface area contributed by atoms with Gasteiger partial charge >= 0.3 is 0 Å². The van der Waals surface area contributed by atoms with Crippen molar-refractivity contribution in [2.45, 2.75) is 25.8 Å². The molecule has 1 aliphatic carbocycles. The smallest absolute Gasteiger partial charge is 0.248 e. The monoisotopic (exact) mass is 178 g/mol. The summed E-state index contributed by atoms with van der Waals surface area (Å²) in [5.74, 6) is 0.629. The molecule has 3 nitrogen and oxygen atoms in total. The normalized spacial score (nSPS) is 18.6. The van der Waals surface area contributed by atoms with Gasteiger partial charge in [0.1, 0.15) is 0 Å². The number of aryl methyl sites for hydroxylation is 1. The average Bonchev–Trinajstić information content (AvgIpc) is 2.85. The molecule has 1 atom stereocenters. The zero-order chi connectivity index (χ0) is 9.42. The van der Waals surface area contributed by atoms with Gasteiger partial charge in [-0.25, -0.2) is 0 Å². The van der Waals surface area contributed by atoms with Crippen LogP contribution in [0, 0.1) is 12.8 Å². The lowest BCUT2D eigenvalue weighted by molar-refractivity contribution is 0.626. The minimum atomic E-state index is -0.0516. The van der Waals surface area contributed by atoms with Gasteiger partial charge in [0.25, 0.3) is 0 Å². The van der Waals surface area contributed by atoms with Crippen molar-refractivity contribution in [2.75, 3.05) is 0 Å². The highest BCUT2D eigenvalue weighted by atomic mass is 16.1. The zero-order valence-electron chi connectivity index (χ0n) is 7.71. The van der Waals surface area contributed by atoms with E-state index in [-0.39, 0.29) is 11.6 Å². The first-order valence-electron chi connectivity index (χ1n) is 4.63. The standard InChI is InChI=1S/C10H14N2O/c1-6-4-9(13)12-5-8(6)10(11)7-2-3-7/h4-5,7,10H,2-3,11H2,1H3,(H,12,13)/t10-/m1/s1. The number of nitrogens with two attached hydrogens (primary N) is 1. The van der Waals surface area contributed by atoms with Gasteiger partial charge in [0.15, 0.2) is 0 Å². The summed E-state index contributed by atoms with van der Waals surface area (Å²) in [6.07, 6.45) is 4.19. The molecule has 13 heavy (non-hydrogen) atoms. The highest BCUT2D eigenvalue weighted by molar-refractivity contribution is 5.26. The molecular formula is C10H14N2O. The fourth-order valence-corrected chi connectivity index (χ4v) is 1.65. The summed E-state index contributed by atoms with van der Waals surface area (Å²) < 4.78 is 0. The summed E-state index contributed by atoms with van der Waals surface area (Å²) in [4.78, 5) is 13.6. The largest absolute Gasteiger partial charge is 0.329 e. The molecule has 1 fully saturated rings. The molecule has 3 N–H and O–H groups in total. The molecule has 0 spiro atoms. The molecule has 1 aliphatic rings. The molecule has 1 aromatic rings. The highest BCUT2D eigenvalue weighted by Gasteiger charge is 2.30. The van der Waals surface area contributed by atoms with Crippen LogP contribution in [0.1, 0.15) is 30.0 Å². The summed E-state index contributed by atoms with van der Waals surface area (Å²) in [6.45, 7) is 1.94. The zero-order valence-corrected chi connectivity index (χ0v) is 7.71. The third kappa shape index (κ3) is 1.65. The van der Waals surface area contributed by atoms with Gasteiger partial charge in [-0.1, -0.05) is 0 Å². The Balaban J connectivity index is 2.33. The molecule has 2 rings (SSSR count). The van der Waals surface area contributed by atoms with Crippen molar-refractivity contribution < 1.29 is 0 Å². The average molecular weight is 178 g/mol. The van der Waals surface area contributed by atoms with E-state index in [1.807, 2.05) is 6.92 Å². The molecule has 0 unspecified atom stereocenters. The fourth-order valence-electron chi connectivity index (χ4n) is 1.65. The van der Waals surface area contributed by atoms with Crippen LogP contribution in [0.2, 0.25) is 0 Å². The van der Waals surface area contributed by atoms with Crippen LogP contribution in [0.15, 0.2) is 17.1 Å². The molecule has 1 saturated carbocycles. The Bertz CT molecular complexity index is 365. The second kappa shape index (κ2) is 3.00. The van der Waals surface area contributed by atoms with E-state index in [4.69, 9.17) is 5.73 Å². The first-order chi connectivity index (χ1) is 6.18. The second-order valence-corrected chi connectivity index (χ2v) is 3.80. The van der Waals surface area contributed by atoms with Crippen molar-refractivity contribution in [1.82, 2.24) is 4.98 Å². The molecule has 0 radical (unpaired) electrons. The van der Waals surface area contributed by atoms with E-state index < -0.39 is 0 Å². The van der Waals surface area contributed by atoms with Crippen molar-refractivity contribution in [3.05, 3.63) is 33.7 Å². The van der Waals surface area contributed by atoms with E-state index in [9.17, 15) is 4.79 Å². The van der Waals surface area contributed by atoms with E-state index in [0.717, 1.165) is 11.1 Å². The van der Waals surface area contributed by atoms with E-state index in [1.165, 1.54) is 12.8 Å². The van der Waals surface area contributed by atoms with E-state index in [0.29, 0.717) is 5.92 Å². The number of rotatable bonds is 2. The van der Waals surface area contributed by atoms with E-state index in [2.05, 4.69) is 4.98 Å². The van der Waals surface area contributed by atoms with Gasteiger partial charge in [-0.15, -0.1) is 0 Å². The van der Waals surface area contributed by atoms with E-state index in [1.54, 1.807) is 12.3 Å². The molecule has 1 heterocycles. The molecule has 70 valence electrons. The molecule has 3 heteroatoms. The van der Waals surface area contributed by atoms with E-state index >= 15 is 0 Å². The van der Waals surface area contributed by atoms with Gasteiger partial charge in [0.05, 0.1) is 0 Å². The van der Waals surface area contributed by atoms with Gasteiger partial charge in [0.2, 0.25) is 5.56 Å². The van der Waals surface area contributed by atoms with Crippen LogP contribution in [-0.4, -0.2) is 4.98 Å². The highest BCUT2D eigenvalue weighted by Crippen LogP contribution is 2.39. The number of nitrogens with one attached hydrogen (secondary N) is 1. The van der Waals surface area contributed by atoms with Gasteiger partial charge < -0.3 is 10.7 Å². The number of pyridine rings is 1. The number of aromatic nitrogens is 1. The Kier molecular flexibility index (Phi) is 1.96. The minimum absolute atomic E-state index is 0.0516. The predicted octanol–water partition coefficient (Wildman–Crippen LogP) is 1.09.